The minimum Gasteiger partial charge on any atom is -0.344 e. The van der Waals surface area contributed by atoms with Crippen LogP contribution in [0.25, 0.3) is 0 Å². The zero-order valence-corrected chi connectivity index (χ0v) is 11.3. The van der Waals surface area contributed by atoms with Gasteiger partial charge in [-0.15, -0.1) is 0 Å². The quantitative estimate of drug-likeness (QED) is 0.715. The Bertz CT molecular complexity index is 616. The molecule has 0 saturated carbocycles. The topological polar surface area (TPSA) is 76.3 Å². The van der Waals surface area contributed by atoms with E-state index in [-0.39, 0.29) is 23.2 Å². The highest BCUT2D eigenvalue weighted by atomic mass is 16.2. The number of nitrogens with one attached hydrogen (secondary N) is 1. The molecule has 0 bridgehead atoms. The normalized spacial score (nSPS) is 19.2. The third-order valence-electron chi connectivity index (χ3n) is 3.58. The second kappa shape index (κ2) is 5.00. The number of likely N-dealkylation sites (tertiary alicyclic amines) is 1. The van der Waals surface area contributed by atoms with E-state index in [9.17, 15) is 14.4 Å². The van der Waals surface area contributed by atoms with Crippen LogP contribution in [0.4, 0.5) is 0 Å². The lowest BCUT2D eigenvalue weighted by Gasteiger charge is -2.14. The van der Waals surface area contributed by atoms with E-state index in [1.165, 1.54) is 17.7 Å². The molecule has 1 atom stereocenters. The molecule has 2 rings (SSSR count). The molecule has 104 valence electrons. The van der Waals surface area contributed by atoms with Gasteiger partial charge in [0.15, 0.2) is 0 Å². The lowest BCUT2D eigenvalue weighted by molar-refractivity contribution is -0.128. The number of carbonyl (C=O) groups excluding carboxylic acids is 1. The van der Waals surface area contributed by atoms with Crippen LogP contribution >= 0.6 is 0 Å². The summed E-state index contributed by atoms with van der Waals surface area (Å²) in [4.78, 5) is 36.7. The number of amides is 1. The average molecular weight is 266 g/mol. The summed E-state index contributed by atoms with van der Waals surface area (Å²) >= 11 is 0. The van der Waals surface area contributed by atoms with Crippen LogP contribution in [0.1, 0.15) is 12.1 Å². The number of rotatable bonds is 3. The summed E-state index contributed by atoms with van der Waals surface area (Å²) in [5.41, 5.74) is -0.121. The third-order valence-corrected chi connectivity index (χ3v) is 3.58. The molecule has 7 nitrogen and oxygen atoms in total. The van der Waals surface area contributed by atoms with E-state index in [0.29, 0.717) is 12.2 Å². The molecule has 19 heavy (non-hydrogen) atoms. The van der Waals surface area contributed by atoms with Gasteiger partial charge in [-0.3, -0.25) is 18.7 Å². The minimum atomic E-state index is -0.362. The first kappa shape index (κ1) is 13.5. The van der Waals surface area contributed by atoms with Crippen molar-refractivity contribution in [3.05, 3.63) is 32.6 Å². The van der Waals surface area contributed by atoms with Crippen molar-refractivity contribution in [2.45, 2.75) is 19.0 Å². The number of likely N-dealkylation sites (N-methyl/N-ethyl adjacent to an activating group) is 1. The van der Waals surface area contributed by atoms with Crippen molar-refractivity contribution in [3.63, 3.8) is 0 Å². The van der Waals surface area contributed by atoms with Crippen molar-refractivity contribution in [2.75, 3.05) is 13.6 Å². The Morgan fingerprint density at radius 3 is 2.47 bits per heavy atom. The largest absolute Gasteiger partial charge is 0.344 e. The van der Waals surface area contributed by atoms with Gasteiger partial charge in [0.25, 0.3) is 5.56 Å². The monoisotopic (exact) mass is 266 g/mol. The van der Waals surface area contributed by atoms with Crippen LogP contribution in [0.2, 0.25) is 0 Å². The Morgan fingerprint density at radius 2 is 1.89 bits per heavy atom. The minimum absolute atomic E-state index is 0.0498. The van der Waals surface area contributed by atoms with E-state index >= 15 is 0 Å². The van der Waals surface area contributed by atoms with E-state index in [1.54, 1.807) is 19.0 Å². The van der Waals surface area contributed by atoms with Crippen molar-refractivity contribution < 1.29 is 4.79 Å². The second-order valence-corrected chi connectivity index (χ2v) is 4.86. The van der Waals surface area contributed by atoms with Crippen molar-refractivity contribution >= 4 is 5.91 Å². The summed E-state index contributed by atoms with van der Waals surface area (Å²) in [7, 11) is 4.82. The summed E-state index contributed by atoms with van der Waals surface area (Å²) in [5.74, 6) is 0.0498. The van der Waals surface area contributed by atoms with E-state index < -0.39 is 0 Å². The Labute approximate surface area is 110 Å². The summed E-state index contributed by atoms with van der Waals surface area (Å²) < 4.78 is 2.47. The van der Waals surface area contributed by atoms with Gasteiger partial charge in [-0.2, -0.15) is 0 Å². The maximum atomic E-state index is 11.7. The van der Waals surface area contributed by atoms with Crippen molar-refractivity contribution in [1.29, 1.82) is 0 Å². The van der Waals surface area contributed by atoms with E-state index in [1.807, 2.05) is 0 Å². The molecule has 1 aromatic rings. The zero-order valence-electron chi connectivity index (χ0n) is 11.3. The molecule has 1 aliphatic rings. The number of hydrogen-bond acceptors (Lipinski definition) is 4. The molecule has 2 heterocycles. The standard InChI is InChI=1S/C12H18N4O3/c1-14-5-4-9(11(14)18)13-7-8-6-10(17)16(3)12(19)15(8)2/h6,9,13H,4-5,7H2,1-3H3. The zero-order chi connectivity index (χ0) is 14.2. The van der Waals surface area contributed by atoms with Crippen LogP contribution in [0, 0.1) is 0 Å². The predicted molar refractivity (Wildman–Crippen MR) is 69.8 cm³/mol. The van der Waals surface area contributed by atoms with Gasteiger partial charge in [-0.25, -0.2) is 4.79 Å². The molecular formula is C12H18N4O3. The molecule has 1 amide bonds. The molecule has 7 heteroatoms. The van der Waals surface area contributed by atoms with E-state index in [0.717, 1.165) is 17.5 Å². The molecule has 1 fully saturated rings. The van der Waals surface area contributed by atoms with E-state index in [2.05, 4.69) is 5.32 Å². The Morgan fingerprint density at radius 1 is 1.21 bits per heavy atom. The summed E-state index contributed by atoms with van der Waals surface area (Å²) in [6.45, 7) is 1.05. The van der Waals surface area contributed by atoms with Crippen LogP contribution < -0.4 is 16.6 Å². The fourth-order valence-corrected chi connectivity index (χ4v) is 2.19. The molecule has 0 aromatic carbocycles. The number of hydrogen-bond donors (Lipinski definition) is 1. The number of aromatic nitrogens is 2. The molecule has 1 unspecified atom stereocenters. The SMILES string of the molecule is CN1CCC(NCc2cc(=O)n(C)c(=O)n2C)C1=O. The van der Waals surface area contributed by atoms with Gasteiger partial charge in [0.1, 0.15) is 0 Å². The summed E-state index contributed by atoms with van der Waals surface area (Å²) in [5, 5.41) is 3.09. The van der Waals surface area contributed by atoms with Gasteiger partial charge in [0, 0.05) is 46.0 Å². The van der Waals surface area contributed by atoms with Crippen LogP contribution in [-0.4, -0.2) is 39.6 Å². The molecule has 0 spiro atoms. The maximum absolute atomic E-state index is 11.7. The van der Waals surface area contributed by atoms with E-state index in [4.69, 9.17) is 0 Å². The first-order valence-corrected chi connectivity index (χ1v) is 6.16. The highest BCUT2D eigenvalue weighted by Gasteiger charge is 2.28. The third kappa shape index (κ3) is 2.46. The molecular weight excluding hydrogens is 248 g/mol. The van der Waals surface area contributed by atoms with Gasteiger partial charge in [-0.1, -0.05) is 0 Å². The highest BCUT2D eigenvalue weighted by Crippen LogP contribution is 2.08. The van der Waals surface area contributed by atoms with Crippen molar-refractivity contribution in [2.24, 2.45) is 14.1 Å². The first-order valence-electron chi connectivity index (χ1n) is 6.16. The molecule has 1 saturated heterocycles. The Kier molecular flexibility index (Phi) is 3.57. The maximum Gasteiger partial charge on any atom is 0.330 e. The van der Waals surface area contributed by atoms with Crippen molar-refractivity contribution in [1.82, 2.24) is 19.4 Å². The lowest BCUT2D eigenvalue weighted by Crippen LogP contribution is -2.41. The second-order valence-electron chi connectivity index (χ2n) is 4.86. The Hall–Kier alpha value is -1.89. The van der Waals surface area contributed by atoms with Gasteiger partial charge < -0.3 is 10.2 Å². The number of nitrogens with zero attached hydrogens (tertiary/aromatic N) is 3. The molecule has 1 N–H and O–H groups in total. The smallest absolute Gasteiger partial charge is 0.330 e. The average Bonchev–Trinajstić information content (AvgIpc) is 2.70. The van der Waals surface area contributed by atoms with Crippen LogP contribution in [0.15, 0.2) is 15.7 Å². The van der Waals surface area contributed by atoms with Gasteiger partial charge >= 0.3 is 5.69 Å². The molecule has 0 radical (unpaired) electrons. The lowest BCUT2D eigenvalue weighted by atomic mass is 10.2. The van der Waals surface area contributed by atoms with Gasteiger partial charge in [0.05, 0.1) is 6.04 Å². The van der Waals surface area contributed by atoms with Crippen LogP contribution in [0.5, 0.6) is 0 Å². The van der Waals surface area contributed by atoms with Crippen LogP contribution in [-0.2, 0) is 25.4 Å². The first-order chi connectivity index (χ1) is 8.91. The summed E-state index contributed by atoms with van der Waals surface area (Å²) in [6.07, 6.45) is 0.744. The fraction of sp³-hybridized carbons (Fsp3) is 0.583. The molecule has 0 aliphatic carbocycles. The van der Waals surface area contributed by atoms with Gasteiger partial charge in [0.2, 0.25) is 5.91 Å². The highest BCUT2D eigenvalue weighted by molar-refractivity contribution is 5.83. The number of carbonyl (C=O) groups is 1. The molecule has 1 aromatic heterocycles. The summed E-state index contributed by atoms with van der Waals surface area (Å²) in [6, 6.07) is 1.18. The van der Waals surface area contributed by atoms with Gasteiger partial charge in [-0.05, 0) is 6.42 Å². The fourth-order valence-electron chi connectivity index (χ4n) is 2.19. The Balaban J connectivity index is 2.15. The van der Waals surface area contributed by atoms with Crippen molar-refractivity contribution in [3.8, 4) is 0 Å². The van der Waals surface area contributed by atoms with Crippen LogP contribution in [0.3, 0.4) is 0 Å². The molecule has 1 aliphatic heterocycles. The predicted octanol–water partition coefficient (Wildman–Crippen LogP) is -1.60.